The number of anilines is 1. The zero-order valence-corrected chi connectivity index (χ0v) is 19.2. The Morgan fingerprint density at radius 1 is 0.853 bits per heavy atom. The van der Waals surface area contributed by atoms with E-state index in [-0.39, 0.29) is 11.4 Å². The van der Waals surface area contributed by atoms with Crippen molar-refractivity contribution >= 4 is 46.4 Å². The molecule has 9 heteroatoms. The fraction of sp³-hybridized carbons (Fsp3) is 0.200. The molecule has 3 aromatic rings. The number of carbonyl (C=O) groups is 2. The molecule has 2 bridgehead atoms. The number of imide groups is 1. The summed E-state index contributed by atoms with van der Waals surface area (Å²) < 4.78 is 5.10. The second-order valence-electron chi connectivity index (χ2n) is 8.59. The molecule has 0 N–H and O–H groups in total. The van der Waals surface area contributed by atoms with E-state index in [2.05, 4.69) is 0 Å². The number of alkyl halides is 2. The van der Waals surface area contributed by atoms with E-state index < -0.39 is 44.0 Å². The Bertz CT molecular complexity index is 1320. The van der Waals surface area contributed by atoms with Crippen LogP contribution in [0.1, 0.15) is 22.3 Å². The summed E-state index contributed by atoms with van der Waals surface area (Å²) in [5.41, 5.74) is 2.10. The van der Waals surface area contributed by atoms with Gasteiger partial charge in [-0.15, -0.1) is 23.2 Å². The highest BCUT2D eigenvalue weighted by Gasteiger charge is 2.73. The number of benzene rings is 3. The Kier molecular flexibility index (Phi) is 4.23. The van der Waals surface area contributed by atoms with Crippen molar-refractivity contribution in [2.45, 2.75) is 9.75 Å². The van der Waals surface area contributed by atoms with Crippen LogP contribution in [0.4, 0.5) is 11.4 Å². The number of rotatable bonds is 3. The number of hydrogen-bond acceptors (Lipinski definition) is 5. The van der Waals surface area contributed by atoms with Gasteiger partial charge in [-0.3, -0.25) is 19.7 Å². The Labute approximate surface area is 204 Å². The van der Waals surface area contributed by atoms with Crippen molar-refractivity contribution < 1.29 is 19.2 Å². The van der Waals surface area contributed by atoms with Crippen molar-refractivity contribution in [3.05, 3.63) is 99.1 Å². The Hall–Kier alpha value is -3.42. The van der Waals surface area contributed by atoms with Crippen LogP contribution < -0.4 is 9.64 Å². The van der Waals surface area contributed by atoms with Gasteiger partial charge >= 0.3 is 0 Å². The molecule has 2 atom stereocenters. The Balaban J connectivity index is 1.63. The number of amides is 2. The molecule has 1 aliphatic heterocycles. The zero-order valence-electron chi connectivity index (χ0n) is 17.7. The van der Waals surface area contributed by atoms with Crippen LogP contribution in [0.5, 0.6) is 5.75 Å². The Morgan fingerprint density at radius 2 is 1.29 bits per heavy atom. The van der Waals surface area contributed by atoms with Crippen LogP contribution >= 0.6 is 23.2 Å². The van der Waals surface area contributed by atoms with Gasteiger partial charge in [-0.25, -0.2) is 4.90 Å². The standard InChI is InChI=1S/C25H16Cl2N2O5/c1-34-13-10-11-18(19(12-13)29(32)33)28-22(30)20-21(23(28)31)25(27)15-7-3-2-6-14(15)24(20,26)16-8-4-5-9-17(16)25/h2-12,20-21H,1H3/t20-,21-,24?,25?/m0/s1. The van der Waals surface area contributed by atoms with E-state index in [0.29, 0.717) is 22.3 Å². The summed E-state index contributed by atoms with van der Waals surface area (Å²) in [6, 6.07) is 18.5. The number of methoxy groups -OCH3 is 1. The topological polar surface area (TPSA) is 89.8 Å². The number of ether oxygens (including phenoxy) is 1. The lowest BCUT2D eigenvalue weighted by molar-refractivity contribution is -0.384. The summed E-state index contributed by atoms with van der Waals surface area (Å²) in [6.07, 6.45) is 0. The van der Waals surface area contributed by atoms with Crippen LogP contribution in [0.2, 0.25) is 0 Å². The van der Waals surface area contributed by atoms with Gasteiger partial charge in [0.05, 0.1) is 29.9 Å². The molecule has 7 nitrogen and oxygen atoms in total. The first-order valence-electron chi connectivity index (χ1n) is 10.5. The summed E-state index contributed by atoms with van der Waals surface area (Å²) in [7, 11) is 1.38. The lowest BCUT2D eigenvalue weighted by atomic mass is 9.54. The fourth-order valence-electron chi connectivity index (χ4n) is 5.87. The summed E-state index contributed by atoms with van der Waals surface area (Å²) >= 11 is 14.7. The van der Waals surface area contributed by atoms with Gasteiger partial charge in [-0.1, -0.05) is 48.5 Å². The minimum Gasteiger partial charge on any atom is -0.496 e. The number of hydrogen-bond donors (Lipinski definition) is 0. The third-order valence-corrected chi connectivity index (χ3v) is 8.49. The first kappa shape index (κ1) is 21.1. The number of nitro groups is 1. The zero-order chi connectivity index (χ0) is 24.0. The van der Waals surface area contributed by atoms with E-state index in [1.54, 1.807) is 0 Å². The summed E-state index contributed by atoms with van der Waals surface area (Å²) in [5.74, 6) is -3.08. The predicted octanol–water partition coefficient (Wildman–Crippen LogP) is 4.70. The molecule has 0 saturated carbocycles. The molecule has 4 aliphatic rings. The van der Waals surface area contributed by atoms with Crippen molar-refractivity contribution in [3.8, 4) is 5.75 Å². The van der Waals surface area contributed by atoms with Gasteiger partial charge in [-0.05, 0) is 34.4 Å². The normalized spacial score (nSPS) is 28.4. The minimum absolute atomic E-state index is 0.136. The molecule has 7 rings (SSSR count). The molecular formula is C25H16Cl2N2O5. The molecule has 0 aromatic heterocycles. The van der Waals surface area contributed by atoms with E-state index in [1.807, 2.05) is 48.5 Å². The van der Waals surface area contributed by atoms with Gasteiger partial charge in [0.15, 0.2) is 0 Å². The summed E-state index contributed by atoms with van der Waals surface area (Å²) in [4.78, 5) is 37.3. The maximum Gasteiger partial charge on any atom is 0.297 e. The molecule has 0 unspecified atom stereocenters. The highest BCUT2D eigenvalue weighted by atomic mass is 35.5. The van der Waals surface area contributed by atoms with Crippen molar-refractivity contribution in [2.24, 2.45) is 11.8 Å². The molecule has 1 saturated heterocycles. The van der Waals surface area contributed by atoms with Crippen LogP contribution in [0.25, 0.3) is 0 Å². The molecule has 1 heterocycles. The number of nitrogens with zero attached hydrogens (tertiary/aromatic N) is 2. The maximum absolute atomic E-state index is 13.9. The van der Waals surface area contributed by atoms with Crippen LogP contribution in [0.15, 0.2) is 66.7 Å². The van der Waals surface area contributed by atoms with E-state index >= 15 is 0 Å². The second-order valence-corrected chi connectivity index (χ2v) is 9.79. The lowest BCUT2D eigenvalue weighted by Gasteiger charge is -2.54. The molecular weight excluding hydrogens is 479 g/mol. The van der Waals surface area contributed by atoms with Crippen LogP contribution in [0.3, 0.4) is 0 Å². The van der Waals surface area contributed by atoms with Crippen molar-refractivity contribution in [3.63, 3.8) is 0 Å². The maximum atomic E-state index is 13.9. The van der Waals surface area contributed by atoms with Gasteiger partial charge in [0.25, 0.3) is 5.69 Å². The monoisotopic (exact) mass is 494 g/mol. The highest BCUT2D eigenvalue weighted by Crippen LogP contribution is 2.69. The van der Waals surface area contributed by atoms with Gasteiger partial charge in [0.1, 0.15) is 21.2 Å². The van der Waals surface area contributed by atoms with E-state index in [1.165, 1.54) is 25.3 Å². The average molecular weight is 495 g/mol. The quantitative estimate of drug-likeness (QED) is 0.228. The first-order chi connectivity index (χ1) is 16.3. The van der Waals surface area contributed by atoms with Gasteiger partial charge in [0.2, 0.25) is 11.8 Å². The first-order valence-corrected chi connectivity index (χ1v) is 11.3. The molecule has 3 aromatic carbocycles. The van der Waals surface area contributed by atoms with Gasteiger partial charge < -0.3 is 4.74 Å². The van der Waals surface area contributed by atoms with E-state index in [9.17, 15) is 19.7 Å². The lowest BCUT2D eigenvalue weighted by Crippen LogP contribution is -2.57. The summed E-state index contributed by atoms with van der Waals surface area (Å²) in [6.45, 7) is 0. The van der Waals surface area contributed by atoms with Gasteiger partial charge in [-0.2, -0.15) is 0 Å². The molecule has 170 valence electrons. The smallest absolute Gasteiger partial charge is 0.297 e. The number of carbonyl (C=O) groups excluding carboxylic acids is 2. The average Bonchev–Trinajstić information content (AvgIpc) is 3.13. The molecule has 2 amide bonds. The molecule has 0 radical (unpaired) electrons. The second kappa shape index (κ2) is 6.81. The van der Waals surface area contributed by atoms with Crippen LogP contribution in [-0.4, -0.2) is 23.8 Å². The summed E-state index contributed by atoms with van der Waals surface area (Å²) in [5, 5.41) is 11.8. The van der Waals surface area contributed by atoms with Crippen molar-refractivity contribution in [1.82, 2.24) is 0 Å². The third kappa shape index (κ3) is 2.28. The SMILES string of the molecule is COc1ccc(N2C(=O)[C@@H]3[C@@H](C2=O)C2(Cl)c4ccccc4C3(Cl)c3ccccc32)c([N+](=O)[O-])c1. The highest BCUT2D eigenvalue weighted by molar-refractivity contribution is 6.38. The predicted molar refractivity (Wildman–Crippen MR) is 125 cm³/mol. The van der Waals surface area contributed by atoms with E-state index in [4.69, 9.17) is 27.9 Å². The third-order valence-electron chi connectivity index (χ3n) is 7.21. The fourth-order valence-corrected chi connectivity index (χ4v) is 6.97. The van der Waals surface area contributed by atoms with E-state index in [0.717, 1.165) is 4.90 Å². The molecule has 34 heavy (non-hydrogen) atoms. The van der Waals surface area contributed by atoms with Crippen LogP contribution in [-0.2, 0) is 19.3 Å². The van der Waals surface area contributed by atoms with Crippen LogP contribution in [0, 0.1) is 22.0 Å². The number of halogens is 2. The molecule has 3 aliphatic carbocycles. The Morgan fingerprint density at radius 3 is 1.68 bits per heavy atom. The van der Waals surface area contributed by atoms with Crippen molar-refractivity contribution in [1.29, 1.82) is 0 Å². The van der Waals surface area contributed by atoms with Gasteiger partial charge in [0, 0.05) is 0 Å². The molecule has 0 spiro atoms. The minimum atomic E-state index is -1.35. The number of nitro benzene ring substituents is 1. The molecule has 1 fully saturated rings. The van der Waals surface area contributed by atoms with Crippen molar-refractivity contribution in [2.75, 3.05) is 12.0 Å². The largest absolute Gasteiger partial charge is 0.496 e.